The number of rotatable bonds is 6. The lowest BCUT2D eigenvalue weighted by Crippen LogP contribution is -2.46. The van der Waals surface area contributed by atoms with E-state index in [1.807, 2.05) is 30.3 Å². The third kappa shape index (κ3) is 3.82. The molecule has 0 radical (unpaired) electrons. The lowest BCUT2D eigenvalue weighted by molar-refractivity contribution is 0.200. The predicted octanol–water partition coefficient (Wildman–Crippen LogP) is 3.87. The van der Waals surface area contributed by atoms with E-state index in [4.69, 9.17) is 9.15 Å². The minimum Gasteiger partial charge on any atom is -0.488 e. The van der Waals surface area contributed by atoms with Crippen molar-refractivity contribution in [2.75, 3.05) is 31.1 Å². The standard InChI is InChI=1S/C24H26N6O2/c1-24(6-7-24)32-17-4-5-20-19(13-17)23(28-27-20)21-14-22(26-16-25-21)30-10-8-29(9-11-30)15-18-3-2-12-31-18/h2-5,12-14,16H,6-11,15H2,1H3,(H,27,28). The highest BCUT2D eigenvalue weighted by Crippen LogP contribution is 2.40. The summed E-state index contributed by atoms with van der Waals surface area (Å²) in [5, 5.41) is 8.69. The Hall–Kier alpha value is -3.39. The number of hydrogen-bond acceptors (Lipinski definition) is 7. The Balaban J connectivity index is 1.20. The van der Waals surface area contributed by atoms with Crippen LogP contribution in [-0.4, -0.2) is 56.8 Å². The monoisotopic (exact) mass is 430 g/mol. The maximum Gasteiger partial charge on any atom is 0.132 e. The second kappa shape index (κ2) is 7.63. The first-order valence-corrected chi connectivity index (χ1v) is 11.1. The molecule has 6 rings (SSSR count). The van der Waals surface area contributed by atoms with Gasteiger partial charge in [-0.15, -0.1) is 0 Å². The molecule has 0 amide bonds. The van der Waals surface area contributed by atoms with Gasteiger partial charge >= 0.3 is 0 Å². The molecule has 8 heteroatoms. The highest BCUT2D eigenvalue weighted by atomic mass is 16.5. The highest BCUT2D eigenvalue weighted by molar-refractivity contribution is 5.93. The van der Waals surface area contributed by atoms with Gasteiger partial charge in [0, 0.05) is 37.6 Å². The topological polar surface area (TPSA) is 83.3 Å². The summed E-state index contributed by atoms with van der Waals surface area (Å²) in [5.41, 5.74) is 2.60. The van der Waals surface area contributed by atoms with E-state index < -0.39 is 0 Å². The zero-order valence-electron chi connectivity index (χ0n) is 18.1. The van der Waals surface area contributed by atoms with Crippen LogP contribution in [0.5, 0.6) is 5.75 Å². The number of benzene rings is 1. The average molecular weight is 431 g/mol. The molecule has 1 aliphatic heterocycles. The van der Waals surface area contributed by atoms with Crippen LogP contribution in [0.1, 0.15) is 25.5 Å². The molecule has 0 atom stereocenters. The van der Waals surface area contributed by atoms with Gasteiger partial charge in [0.25, 0.3) is 0 Å². The number of H-pyrrole nitrogens is 1. The summed E-state index contributed by atoms with van der Waals surface area (Å²) >= 11 is 0. The first-order valence-electron chi connectivity index (χ1n) is 11.1. The first kappa shape index (κ1) is 19.3. The van der Waals surface area contributed by atoms with Crippen molar-refractivity contribution in [2.24, 2.45) is 0 Å². The van der Waals surface area contributed by atoms with E-state index in [2.05, 4.69) is 43.0 Å². The van der Waals surface area contributed by atoms with Gasteiger partial charge in [0.15, 0.2) is 0 Å². The molecule has 0 unspecified atom stereocenters. The molecule has 0 bridgehead atoms. The van der Waals surface area contributed by atoms with Crippen LogP contribution in [-0.2, 0) is 6.54 Å². The number of anilines is 1. The second-order valence-electron chi connectivity index (χ2n) is 8.94. The zero-order chi connectivity index (χ0) is 21.5. The van der Waals surface area contributed by atoms with Crippen LogP contribution in [0, 0.1) is 0 Å². The number of fused-ring (bicyclic) bond motifs is 1. The Morgan fingerprint density at radius 2 is 1.97 bits per heavy atom. The van der Waals surface area contributed by atoms with E-state index in [9.17, 15) is 0 Å². The molecular formula is C24H26N6O2. The van der Waals surface area contributed by atoms with E-state index in [1.165, 1.54) is 0 Å². The summed E-state index contributed by atoms with van der Waals surface area (Å²) in [4.78, 5) is 13.8. The van der Waals surface area contributed by atoms with Gasteiger partial charge in [0.2, 0.25) is 0 Å². The van der Waals surface area contributed by atoms with Crippen LogP contribution in [0.25, 0.3) is 22.3 Å². The van der Waals surface area contributed by atoms with Crippen LogP contribution in [0.3, 0.4) is 0 Å². The molecule has 1 aromatic carbocycles. The fourth-order valence-corrected chi connectivity index (χ4v) is 4.22. The molecule has 1 N–H and O–H groups in total. The van der Waals surface area contributed by atoms with E-state index in [-0.39, 0.29) is 5.60 Å². The van der Waals surface area contributed by atoms with Crippen molar-refractivity contribution in [2.45, 2.75) is 31.9 Å². The number of ether oxygens (including phenoxy) is 1. The van der Waals surface area contributed by atoms with Gasteiger partial charge in [-0.2, -0.15) is 5.10 Å². The van der Waals surface area contributed by atoms with Crippen LogP contribution in [0.15, 0.2) is 53.4 Å². The summed E-state index contributed by atoms with van der Waals surface area (Å²) in [5.74, 6) is 2.82. The molecule has 1 saturated heterocycles. The smallest absolute Gasteiger partial charge is 0.132 e. The molecule has 164 valence electrons. The first-order chi connectivity index (χ1) is 15.7. The van der Waals surface area contributed by atoms with E-state index in [0.29, 0.717) is 0 Å². The van der Waals surface area contributed by atoms with E-state index >= 15 is 0 Å². The molecule has 4 heterocycles. The van der Waals surface area contributed by atoms with Crippen LogP contribution in [0.2, 0.25) is 0 Å². The van der Waals surface area contributed by atoms with Crippen molar-refractivity contribution in [1.82, 2.24) is 25.1 Å². The third-order valence-corrected chi connectivity index (χ3v) is 6.40. The van der Waals surface area contributed by atoms with Crippen molar-refractivity contribution in [3.63, 3.8) is 0 Å². The largest absolute Gasteiger partial charge is 0.488 e. The Labute approximate surface area is 186 Å². The maximum absolute atomic E-state index is 6.15. The quantitative estimate of drug-likeness (QED) is 0.497. The molecule has 3 aromatic heterocycles. The lowest BCUT2D eigenvalue weighted by Gasteiger charge is -2.34. The van der Waals surface area contributed by atoms with Gasteiger partial charge in [-0.1, -0.05) is 0 Å². The number of nitrogens with one attached hydrogen (secondary N) is 1. The summed E-state index contributed by atoms with van der Waals surface area (Å²) < 4.78 is 11.6. The van der Waals surface area contributed by atoms with Crippen molar-refractivity contribution in [1.29, 1.82) is 0 Å². The van der Waals surface area contributed by atoms with Crippen LogP contribution in [0.4, 0.5) is 5.82 Å². The normalized spacial score (nSPS) is 18.2. The lowest BCUT2D eigenvalue weighted by atomic mass is 10.1. The Morgan fingerprint density at radius 1 is 1.09 bits per heavy atom. The van der Waals surface area contributed by atoms with Crippen LogP contribution >= 0.6 is 0 Å². The number of aromatic amines is 1. The minimum atomic E-state index is -0.0151. The van der Waals surface area contributed by atoms with E-state index in [1.54, 1.807) is 12.6 Å². The molecule has 4 aromatic rings. The fourth-order valence-electron chi connectivity index (χ4n) is 4.22. The Bertz CT molecular complexity index is 1220. The van der Waals surface area contributed by atoms with Crippen molar-refractivity contribution >= 4 is 16.7 Å². The molecule has 1 saturated carbocycles. The molecule has 2 fully saturated rings. The predicted molar refractivity (Wildman–Crippen MR) is 122 cm³/mol. The van der Waals surface area contributed by atoms with Crippen molar-refractivity contribution < 1.29 is 9.15 Å². The third-order valence-electron chi connectivity index (χ3n) is 6.40. The van der Waals surface area contributed by atoms with Gasteiger partial charge in [-0.3, -0.25) is 10.00 Å². The molecular weight excluding hydrogens is 404 g/mol. The second-order valence-corrected chi connectivity index (χ2v) is 8.94. The highest BCUT2D eigenvalue weighted by Gasteiger charge is 2.40. The van der Waals surface area contributed by atoms with Gasteiger partial charge in [0.1, 0.15) is 34.9 Å². The minimum absolute atomic E-state index is 0.0151. The number of nitrogens with zero attached hydrogens (tertiary/aromatic N) is 5. The number of aromatic nitrogens is 4. The number of hydrogen-bond donors (Lipinski definition) is 1. The maximum atomic E-state index is 6.15. The van der Waals surface area contributed by atoms with Crippen molar-refractivity contribution in [3.05, 3.63) is 54.7 Å². The fraction of sp³-hybridized carbons (Fsp3) is 0.375. The SMILES string of the molecule is CC1(Oc2ccc3[nH]nc(-c4cc(N5CCN(Cc6ccco6)CC5)ncn4)c3c2)CC1. The molecule has 1 aliphatic carbocycles. The molecule has 2 aliphatic rings. The van der Waals surface area contributed by atoms with Gasteiger partial charge < -0.3 is 14.1 Å². The Morgan fingerprint density at radius 3 is 2.75 bits per heavy atom. The summed E-state index contributed by atoms with van der Waals surface area (Å²) in [6.07, 6.45) is 5.57. The zero-order valence-corrected chi connectivity index (χ0v) is 18.1. The summed E-state index contributed by atoms with van der Waals surface area (Å²) in [6.45, 7) is 6.75. The van der Waals surface area contributed by atoms with Crippen LogP contribution < -0.4 is 9.64 Å². The molecule has 0 spiro atoms. The number of furan rings is 1. The number of piperazine rings is 1. The molecule has 32 heavy (non-hydrogen) atoms. The Kier molecular flexibility index (Phi) is 4.61. The van der Waals surface area contributed by atoms with Gasteiger partial charge in [-0.05, 0) is 50.1 Å². The van der Waals surface area contributed by atoms with Gasteiger partial charge in [0.05, 0.1) is 24.0 Å². The molecule has 8 nitrogen and oxygen atoms in total. The van der Waals surface area contributed by atoms with Gasteiger partial charge in [-0.25, -0.2) is 9.97 Å². The van der Waals surface area contributed by atoms with Crippen molar-refractivity contribution in [3.8, 4) is 17.1 Å². The summed E-state index contributed by atoms with van der Waals surface area (Å²) in [7, 11) is 0. The summed E-state index contributed by atoms with van der Waals surface area (Å²) in [6, 6.07) is 12.1. The van der Waals surface area contributed by atoms with E-state index in [0.717, 1.165) is 85.2 Å². The average Bonchev–Trinajstić information content (AvgIpc) is 3.18.